The largest absolute Gasteiger partial charge is 0.494 e. The Bertz CT molecular complexity index is 412. The smallest absolute Gasteiger partial charge is 0.309 e. The Kier molecular flexibility index (Phi) is 4.39. The van der Waals surface area contributed by atoms with E-state index in [0.717, 1.165) is 0 Å². The number of nitrogens with zero attached hydrogens (tertiary/aromatic N) is 1. The van der Waals surface area contributed by atoms with Crippen molar-refractivity contribution in [2.75, 3.05) is 7.11 Å². The molecule has 4 nitrogen and oxygen atoms in total. The number of carboxylic acids is 1. The lowest BCUT2D eigenvalue weighted by atomic mass is 10.1. The molecule has 0 aromatic carbocycles. The third-order valence-corrected chi connectivity index (χ3v) is 2.97. The van der Waals surface area contributed by atoms with Crippen molar-refractivity contribution in [3.63, 3.8) is 0 Å². The zero-order valence-corrected chi connectivity index (χ0v) is 10.4. The molecule has 0 amide bonds. The molecule has 0 unspecified atom stereocenters. The van der Waals surface area contributed by atoms with Gasteiger partial charge in [0.1, 0.15) is 0 Å². The first-order chi connectivity index (χ1) is 7.47. The Labute approximate surface area is 104 Å². The fourth-order valence-corrected chi connectivity index (χ4v) is 2.08. The number of halogens is 3. The van der Waals surface area contributed by atoms with Crippen molar-refractivity contribution < 1.29 is 23.4 Å². The lowest BCUT2D eigenvalue weighted by molar-refractivity contribution is -0.136. The van der Waals surface area contributed by atoms with Crippen LogP contribution in [-0.2, 0) is 11.2 Å². The molecule has 1 aromatic rings. The summed E-state index contributed by atoms with van der Waals surface area (Å²) in [6.45, 7) is 0. The molecule has 1 heterocycles. The fraction of sp³-hybridized carbons (Fsp3) is 0.333. The normalized spacial score (nSPS) is 10.6. The van der Waals surface area contributed by atoms with E-state index in [1.807, 2.05) is 0 Å². The molecule has 0 radical (unpaired) electrons. The number of ether oxygens (including phenoxy) is 1. The molecule has 1 rings (SSSR count). The van der Waals surface area contributed by atoms with Crippen LogP contribution in [0.15, 0.2) is 6.20 Å². The van der Waals surface area contributed by atoms with Crippen LogP contribution in [0.5, 0.6) is 5.75 Å². The fourth-order valence-electron chi connectivity index (χ4n) is 1.17. The van der Waals surface area contributed by atoms with Gasteiger partial charge >= 0.3 is 5.97 Å². The summed E-state index contributed by atoms with van der Waals surface area (Å²) in [5, 5.41) is 8.57. The number of aliphatic carboxylic acids is 1. The summed E-state index contributed by atoms with van der Waals surface area (Å²) in [6, 6.07) is 0. The van der Waals surface area contributed by atoms with E-state index in [0.29, 0.717) is 0 Å². The van der Waals surface area contributed by atoms with Crippen LogP contribution >= 0.6 is 22.6 Å². The molecule has 0 spiro atoms. The summed E-state index contributed by atoms with van der Waals surface area (Å²) in [4.78, 5) is 14.2. The molecule has 0 saturated carbocycles. The van der Waals surface area contributed by atoms with Crippen molar-refractivity contribution in [2.45, 2.75) is 12.8 Å². The molecular formula is C9H8F2INO3. The molecule has 88 valence electrons. The number of alkyl halides is 2. The summed E-state index contributed by atoms with van der Waals surface area (Å²) in [6.07, 6.45) is -2.06. The van der Waals surface area contributed by atoms with E-state index < -0.39 is 18.8 Å². The molecule has 0 atom stereocenters. The number of aromatic nitrogens is 1. The molecule has 1 N–H and O–H groups in total. The SMILES string of the molecule is COc1cnc(CC(=O)O)c(C(F)F)c1I. The predicted octanol–water partition coefficient (Wildman–Crippen LogP) is 2.26. The van der Waals surface area contributed by atoms with Crippen LogP contribution in [0.2, 0.25) is 0 Å². The van der Waals surface area contributed by atoms with Crippen molar-refractivity contribution in [1.82, 2.24) is 4.98 Å². The molecule has 0 aliphatic heterocycles. The molecule has 1 aromatic heterocycles. The molecule has 7 heteroatoms. The molecular weight excluding hydrogens is 335 g/mol. The minimum atomic E-state index is -2.77. The van der Waals surface area contributed by atoms with E-state index in [4.69, 9.17) is 9.84 Å². The Morgan fingerprint density at radius 2 is 2.31 bits per heavy atom. The summed E-state index contributed by atoms with van der Waals surface area (Å²) in [5.74, 6) is -0.986. The van der Waals surface area contributed by atoms with E-state index in [-0.39, 0.29) is 20.6 Å². The van der Waals surface area contributed by atoms with E-state index >= 15 is 0 Å². The minimum absolute atomic E-state index is 0.132. The molecule has 0 saturated heterocycles. The van der Waals surface area contributed by atoms with Crippen molar-refractivity contribution in [3.8, 4) is 5.75 Å². The summed E-state index contributed by atoms with van der Waals surface area (Å²) >= 11 is 1.69. The van der Waals surface area contributed by atoms with Gasteiger partial charge in [0.15, 0.2) is 5.75 Å². The third kappa shape index (κ3) is 2.77. The van der Waals surface area contributed by atoms with Gasteiger partial charge in [0.05, 0.1) is 34.6 Å². The Balaban J connectivity index is 3.28. The summed E-state index contributed by atoms with van der Waals surface area (Å²) in [5.41, 5.74) is -0.505. The zero-order chi connectivity index (χ0) is 12.3. The van der Waals surface area contributed by atoms with Crippen LogP contribution in [0.3, 0.4) is 0 Å². The second-order valence-electron chi connectivity index (χ2n) is 2.87. The molecule has 0 fully saturated rings. The number of carboxylic acid groups (broad SMARTS) is 1. The highest BCUT2D eigenvalue weighted by atomic mass is 127. The van der Waals surface area contributed by atoms with Gasteiger partial charge in [-0.3, -0.25) is 9.78 Å². The second-order valence-corrected chi connectivity index (χ2v) is 3.95. The number of hydrogen-bond acceptors (Lipinski definition) is 3. The maximum atomic E-state index is 12.8. The Morgan fingerprint density at radius 1 is 1.69 bits per heavy atom. The maximum absolute atomic E-state index is 12.8. The first-order valence-electron chi connectivity index (χ1n) is 4.18. The Morgan fingerprint density at radius 3 is 2.75 bits per heavy atom. The van der Waals surface area contributed by atoms with Gasteiger partial charge in [0.2, 0.25) is 0 Å². The lowest BCUT2D eigenvalue weighted by Gasteiger charge is -2.11. The average molecular weight is 343 g/mol. The van der Waals surface area contributed by atoms with Crippen LogP contribution < -0.4 is 4.74 Å². The predicted molar refractivity (Wildman–Crippen MR) is 59.8 cm³/mol. The van der Waals surface area contributed by atoms with Crippen LogP contribution in [0.1, 0.15) is 17.7 Å². The third-order valence-electron chi connectivity index (χ3n) is 1.86. The summed E-state index contributed by atoms with van der Waals surface area (Å²) < 4.78 is 30.6. The monoisotopic (exact) mass is 343 g/mol. The number of rotatable bonds is 4. The van der Waals surface area contributed by atoms with E-state index in [9.17, 15) is 13.6 Å². The van der Waals surface area contributed by atoms with Crippen molar-refractivity contribution in [3.05, 3.63) is 21.0 Å². The second kappa shape index (κ2) is 5.37. The van der Waals surface area contributed by atoms with Gasteiger partial charge in [-0.05, 0) is 22.6 Å². The Hall–Kier alpha value is -0.990. The minimum Gasteiger partial charge on any atom is -0.494 e. The molecule has 16 heavy (non-hydrogen) atoms. The average Bonchev–Trinajstić information content (AvgIpc) is 2.16. The van der Waals surface area contributed by atoms with Gasteiger partial charge in [-0.1, -0.05) is 0 Å². The topological polar surface area (TPSA) is 59.4 Å². The number of carbonyl (C=O) groups is 1. The number of methoxy groups -OCH3 is 1. The van der Waals surface area contributed by atoms with E-state index in [1.165, 1.54) is 13.3 Å². The molecule has 0 bridgehead atoms. The molecule has 0 aliphatic carbocycles. The highest BCUT2D eigenvalue weighted by Crippen LogP contribution is 2.32. The summed E-state index contributed by atoms with van der Waals surface area (Å²) in [7, 11) is 1.34. The first-order valence-corrected chi connectivity index (χ1v) is 5.26. The van der Waals surface area contributed by atoms with Crippen molar-refractivity contribution >= 4 is 28.6 Å². The number of hydrogen-bond donors (Lipinski definition) is 1. The van der Waals surface area contributed by atoms with Crippen LogP contribution in [0.25, 0.3) is 0 Å². The van der Waals surface area contributed by atoms with Crippen LogP contribution in [0, 0.1) is 3.57 Å². The lowest BCUT2D eigenvalue weighted by Crippen LogP contribution is -2.09. The van der Waals surface area contributed by atoms with E-state index in [1.54, 1.807) is 22.6 Å². The van der Waals surface area contributed by atoms with E-state index in [2.05, 4.69) is 4.98 Å². The first kappa shape index (κ1) is 13.1. The molecule has 0 aliphatic rings. The van der Waals surface area contributed by atoms with Crippen molar-refractivity contribution in [2.24, 2.45) is 0 Å². The quantitative estimate of drug-likeness (QED) is 0.852. The number of pyridine rings is 1. The van der Waals surface area contributed by atoms with Gasteiger partial charge < -0.3 is 9.84 Å². The maximum Gasteiger partial charge on any atom is 0.309 e. The van der Waals surface area contributed by atoms with Crippen LogP contribution in [0.4, 0.5) is 8.78 Å². The standard InChI is InChI=1S/C9H8F2INO3/c1-16-5-3-13-4(2-6(14)15)7(8(5)12)9(10)11/h3,9H,2H2,1H3,(H,14,15). The van der Waals surface area contributed by atoms with Gasteiger partial charge in [-0.25, -0.2) is 8.78 Å². The van der Waals surface area contributed by atoms with Crippen molar-refractivity contribution in [1.29, 1.82) is 0 Å². The highest BCUT2D eigenvalue weighted by Gasteiger charge is 2.22. The van der Waals surface area contributed by atoms with Gasteiger partial charge in [0, 0.05) is 0 Å². The van der Waals surface area contributed by atoms with Gasteiger partial charge in [-0.15, -0.1) is 0 Å². The highest BCUT2D eigenvalue weighted by molar-refractivity contribution is 14.1. The zero-order valence-electron chi connectivity index (χ0n) is 8.21. The van der Waals surface area contributed by atoms with Crippen LogP contribution in [-0.4, -0.2) is 23.2 Å². The van der Waals surface area contributed by atoms with Gasteiger partial charge in [-0.2, -0.15) is 0 Å². The van der Waals surface area contributed by atoms with Gasteiger partial charge in [0.25, 0.3) is 6.43 Å².